The maximum atomic E-state index is 14.7. The lowest BCUT2D eigenvalue weighted by Gasteiger charge is -2.49. The molecule has 0 radical (unpaired) electrons. The number of nitrogens with zero attached hydrogens (tertiary/aromatic N) is 4. The van der Waals surface area contributed by atoms with E-state index < -0.39 is 22.8 Å². The minimum atomic E-state index is -1.10. The van der Waals surface area contributed by atoms with E-state index in [1.54, 1.807) is 24.4 Å². The van der Waals surface area contributed by atoms with Gasteiger partial charge in [0.2, 0.25) is 5.91 Å². The maximum absolute atomic E-state index is 14.7. The molecule has 2 aromatic carbocycles. The van der Waals surface area contributed by atoms with Crippen molar-refractivity contribution in [2.45, 2.75) is 33.0 Å². The third-order valence-corrected chi connectivity index (χ3v) is 10.4. The van der Waals surface area contributed by atoms with Crippen LogP contribution in [0.25, 0.3) is 5.57 Å². The Morgan fingerprint density at radius 1 is 1.10 bits per heavy atom. The molecule has 1 amide bonds. The largest absolute Gasteiger partial charge is 0.490 e. The highest BCUT2D eigenvalue weighted by molar-refractivity contribution is 6.32. The second-order valence-corrected chi connectivity index (χ2v) is 13.9. The summed E-state index contributed by atoms with van der Waals surface area (Å²) in [5.74, 6) is -0.210. The van der Waals surface area contributed by atoms with Gasteiger partial charge in [0, 0.05) is 74.3 Å². The van der Waals surface area contributed by atoms with Gasteiger partial charge in [0.1, 0.15) is 42.2 Å². The Hall–Kier alpha value is -4.73. The number of ether oxygens (including phenoxy) is 3. The average molecular weight is 712 g/mol. The van der Waals surface area contributed by atoms with Gasteiger partial charge in [0.25, 0.3) is 0 Å². The van der Waals surface area contributed by atoms with Gasteiger partial charge in [0.15, 0.2) is 0 Å². The Morgan fingerprint density at radius 3 is 2.63 bits per heavy atom. The van der Waals surface area contributed by atoms with Crippen molar-refractivity contribution in [3.63, 3.8) is 0 Å². The van der Waals surface area contributed by atoms with E-state index in [-0.39, 0.29) is 25.7 Å². The molecule has 0 bridgehead atoms. The van der Waals surface area contributed by atoms with Crippen LogP contribution in [0.15, 0.2) is 79.2 Å². The zero-order valence-electron chi connectivity index (χ0n) is 28.8. The van der Waals surface area contributed by atoms with E-state index in [9.17, 15) is 20.0 Å². The van der Waals surface area contributed by atoms with Gasteiger partial charge in [-0.05, 0) is 23.3 Å². The van der Waals surface area contributed by atoms with Gasteiger partial charge in [-0.3, -0.25) is 19.5 Å². The number of piperazine rings is 1. The minimum Gasteiger partial charge on any atom is -0.490 e. The van der Waals surface area contributed by atoms with Crippen LogP contribution in [0, 0.1) is 22.2 Å². The molecule has 0 spiro atoms. The molecule has 1 aliphatic carbocycles. The smallest absolute Gasteiger partial charge is 0.322 e. The first kappa shape index (κ1) is 36.1. The number of amides is 1. The molecule has 3 aromatic rings. The molecule has 51 heavy (non-hydrogen) atoms. The van der Waals surface area contributed by atoms with Crippen LogP contribution in [-0.4, -0.2) is 90.4 Å². The number of carboxylic acids is 1. The Labute approximate surface area is 303 Å². The van der Waals surface area contributed by atoms with Crippen molar-refractivity contribution in [1.29, 1.82) is 5.26 Å². The van der Waals surface area contributed by atoms with Crippen LogP contribution in [0.4, 0.5) is 0 Å². The van der Waals surface area contributed by atoms with E-state index in [2.05, 4.69) is 36.3 Å². The number of halogens is 1. The van der Waals surface area contributed by atoms with Crippen molar-refractivity contribution < 1.29 is 28.9 Å². The van der Waals surface area contributed by atoms with E-state index in [4.69, 9.17) is 25.8 Å². The molecule has 3 heterocycles. The summed E-state index contributed by atoms with van der Waals surface area (Å²) in [6.07, 6.45) is 9.05. The average Bonchev–Trinajstić information content (AvgIpc) is 3.15. The molecule has 1 aromatic heterocycles. The van der Waals surface area contributed by atoms with Crippen LogP contribution in [0.3, 0.4) is 0 Å². The molecule has 0 saturated carbocycles. The summed E-state index contributed by atoms with van der Waals surface area (Å²) in [4.78, 5) is 34.6. The number of carbonyl (C=O) groups is 2. The van der Waals surface area contributed by atoms with Gasteiger partial charge < -0.3 is 29.5 Å². The quantitative estimate of drug-likeness (QED) is 0.281. The van der Waals surface area contributed by atoms with E-state index >= 15 is 0 Å². The summed E-state index contributed by atoms with van der Waals surface area (Å²) in [5, 5.41) is 22.7. The van der Waals surface area contributed by atoms with Gasteiger partial charge in [0.05, 0.1) is 23.8 Å². The molecule has 12 heteroatoms. The summed E-state index contributed by atoms with van der Waals surface area (Å²) in [5.41, 5.74) is 2.00. The number of hydrogen-bond donors (Lipinski definition) is 2. The highest BCUT2D eigenvalue weighted by Crippen LogP contribution is 2.53. The monoisotopic (exact) mass is 711 g/mol. The fraction of sp³-hybridized carbons (Fsp3) is 0.385. The molecule has 2 atom stereocenters. The molecule has 2 aliphatic heterocycles. The van der Waals surface area contributed by atoms with E-state index in [0.717, 1.165) is 11.1 Å². The summed E-state index contributed by atoms with van der Waals surface area (Å²) in [7, 11) is 0. The minimum absolute atomic E-state index is 0.0115. The lowest BCUT2D eigenvalue weighted by Crippen LogP contribution is -2.57. The van der Waals surface area contributed by atoms with Gasteiger partial charge in [-0.2, -0.15) is 5.26 Å². The van der Waals surface area contributed by atoms with E-state index in [0.29, 0.717) is 79.1 Å². The van der Waals surface area contributed by atoms with Crippen molar-refractivity contribution in [3.05, 3.63) is 106 Å². The molecule has 2 N–H and O–H groups in total. The number of allylic oxidation sites excluding steroid dienone is 3. The van der Waals surface area contributed by atoms with Gasteiger partial charge in [-0.15, -0.1) is 0 Å². The third-order valence-electron chi connectivity index (χ3n) is 10.1. The number of nitriles is 1. The van der Waals surface area contributed by atoms with Crippen LogP contribution in [0.2, 0.25) is 5.02 Å². The Morgan fingerprint density at radius 2 is 1.88 bits per heavy atom. The standard InChI is InChI=1S/C39H42ClN5O6/c1-38(2)31(29-7-4-3-5-8-29)9-6-10-39(38,37(48)44-13-15-49-16-14-44)26-51-35-19-34(50-25-28-17-27(20-41)21-43-22-28)30(18-32(35)40)24-45-12-11-42-23-33(45)36(46)47/h3-10,17-19,21-22,33,42H,11-16,23-26H2,1-2H3,(H,46,47)/t33-,39?/m0/s1. The fourth-order valence-electron chi connectivity index (χ4n) is 7.04. The predicted octanol–water partition coefficient (Wildman–Crippen LogP) is 4.95. The zero-order valence-corrected chi connectivity index (χ0v) is 29.6. The first-order chi connectivity index (χ1) is 24.6. The number of aliphatic carboxylic acids is 1. The molecule has 3 aliphatic rings. The number of carbonyl (C=O) groups excluding carboxylic acids is 1. The number of pyridine rings is 1. The Kier molecular flexibility index (Phi) is 11.1. The van der Waals surface area contributed by atoms with Gasteiger partial charge >= 0.3 is 5.97 Å². The summed E-state index contributed by atoms with van der Waals surface area (Å²) in [6.45, 7) is 7.87. The molecular weight excluding hydrogens is 670 g/mol. The third kappa shape index (κ3) is 7.65. The molecule has 2 saturated heterocycles. The second-order valence-electron chi connectivity index (χ2n) is 13.5. The zero-order chi connectivity index (χ0) is 36.0. The summed E-state index contributed by atoms with van der Waals surface area (Å²) >= 11 is 6.95. The van der Waals surface area contributed by atoms with Crippen molar-refractivity contribution >= 4 is 29.1 Å². The van der Waals surface area contributed by atoms with Gasteiger partial charge in [-0.25, -0.2) is 0 Å². The van der Waals surface area contributed by atoms with Crippen molar-refractivity contribution in [3.8, 4) is 17.6 Å². The highest BCUT2D eigenvalue weighted by Gasteiger charge is 2.55. The molecule has 11 nitrogen and oxygen atoms in total. The topological polar surface area (TPSA) is 137 Å². The SMILES string of the molecule is CC1(C)C(c2ccccc2)=CC=CC1(COc1cc(OCc2cncc(C#N)c2)c(CN2CCNC[C@H]2C(=O)O)cc1Cl)C(=O)N1CCOCC1. The molecular formula is C39H42ClN5O6. The number of nitrogens with one attached hydrogen (secondary N) is 1. The van der Waals surface area contributed by atoms with Crippen LogP contribution in [0.5, 0.6) is 11.5 Å². The van der Waals surface area contributed by atoms with E-state index in [1.165, 1.54) is 6.20 Å². The first-order valence-electron chi connectivity index (χ1n) is 17.0. The van der Waals surface area contributed by atoms with Crippen molar-refractivity contribution in [2.24, 2.45) is 10.8 Å². The molecule has 266 valence electrons. The van der Waals surface area contributed by atoms with Gasteiger partial charge in [-0.1, -0.05) is 74.0 Å². The summed E-state index contributed by atoms with van der Waals surface area (Å²) < 4.78 is 18.5. The highest BCUT2D eigenvalue weighted by atomic mass is 35.5. The fourth-order valence-corrected chi connectivity index (χ4v) is 7.28. The number of hydrogen-bond acceptors (Lipinski definition) is 9. The second kappa shape index (κ2) is 15.7. The summed E-state index contributed by atoms with van der Waals surface area (Å²) in [6, 6.07) is 16.6. The maximum Gasteiger partial charge on any atom is 0.322 e. The molecule has 2 fully saturated rings. The number of carboxylic acid groups (broad SMARTS) is 1. The van der Waals surface area contributed by atoms with Crippen LogP contribution in [0.1, 0.15) is 36.1 Å². The van der Waals surface area contributed by atoms with Crippen molar-refractivity contribution in [2.75, 3.05) is 52.5 Å². The Bertz CT molecular complexity index is 1850. The van der Waals surface area contributed by atoms with Crippen LogP contribution < -0.4 is 14.8 Å². The number of benzene rings is 2. The first-order valence-corrected chi connectivity index (χ1v) is 17.4. The lowest BCUT2D eigenvalue weighted by atomic mass is 9.58. The number of aromatic nitrogens is 1. The normalized spacial score (nSPS) is 21.7. The number of morpholine rings is 1. The Balaban J connectivity index is 1.35. The number of rotatable bonds is 11. The van der Waals surface area contributed by atoms with Crippen molar-refractivity contribution in [1.82, 2.24) is 20.1 Å². The van der Waals surface area contributed by atoms with Crippen LogP contribution in [-0.2, 0) is 27.5 Å². The van der Waals surface area contributed by atoms with E-state index in [1.807, 2.05) is 52.3 Å². The predicted molar refractivity (Wildman–Crippen MR) is 192 cm³/mol. The lowest BCUT2D eigenvalue weighted by molar-refractivity contribution is -0.150. The molecule has 1 unspecified atom stereocenters. The van der Waals surface area contributed by atoms with Crippen LogP contribution >= 0.6 is 11.6 Å². The molecule has 6 rings (SSSR count).